The maximum Gasteiger partial charge on any atom is 0.196 e. The lowest BCUT2D eigenvalue weighted by molar-refractivity contribution is 0.0980. The van der Waals surface area contributed by atoms with Gasteiger partial charge >= 0.3 is 0 Å². The molecule has 0 atom stereocenters. The van der Waals surface area contributed by atoms with Crippen LogP contribution in [0.1, 0.15) is 44.7 Å². The highest BCUT2D eigenvalue weighted by Crippen LogP contribution is 2.36. The number of carbonyl (C=O) groups is 2. The average Bonchev–Trinajstić information content (AvgIpc) is 2.72. The molecule has 0 bridgehead atoms. The van der Waals surface area contributed by atoms with E-state index in [4.69, 9.17) is 9.47 Å². The Labute approximate surface area is 165 Å². The maximum absolute atomic E-state index is 13.2. The Morgan fingerprint density at radius 2 is 1.14 bits per heavy atom. The van der Waals surface area contributed by atoms with Crippen molar-refractivity contribution in [3.8, 4) is 0 Å². The molecule has 0 aromatic heterocycles. The van der Waals surface area contributed by atoms with Crippen molar-refractivity contribution >= 4 is 22.9 Å². The first-order valence-corrected chi connectivity index (χ1v) is 9.50. The summed E-state index contributed by atoms with van der Waals surface area (Å²) in [6, 6.07) is 10.7. The maximum atomic E-state index is 13.2. The number of hydrogen-bond acceptors (Lipinski definition) is 6. The monoisotopic (exact) mass is 382 g/mol. The Bertz CT molecular complexity index is 794. The van der Waals surface area contributed by atoms with Gasteiger partial charge in [0.05, 0.1) is 11.1 Å². The lowest BCUT2D eigenvalue weighted by Crippen LogP contribution is -2.24. The van der Waals surface area contributed by atoms with E-state index < -0.39 is 0 Å². The Morgan fingerprint density at radius 3 is 1.54 bits per heavy atom. The number of ether oxygens (including phenoxy) is 2. The van der Waals surface area contributed by atoms with Gasteiger partial charge in [0.25, 0.3) is 0 Å². The molecule has 0 spiro atoms. The zero-order valence-corrected chi connectivity index (χ0v) is 16.3. The summed E-state index contributed by atoms with van der Waals surface area (Å²) in [6.45, 7) is 2.57. The SMILES string of the molecule is COCCCNc1ccc(NCCCOC)c2c1C(=O)c1ccccc1C2=O. The third-order valence-electron chi connectivity index (χ3n) is 4.76. The van der Waals surface area contributed by atoms with Crippen molar-refractivity contribution in [2.24, 2.45) is 0 Å². The first-order valence-electron chi connectivity index (χ1n) is 9.50. The van der Waals surface area contributed by atoms with Crippen molar-refractivity contribution < 1.29 is 19.1 Å². The third kappa shape index (κ3) is 4.08. The van der Waals surface area contributed by atoms with E-state index in [1.54, 1.807) is 38.5 Å². The number of hydrogen-bond donors (Lipinski definition) is 2. The minimum Gasteiger partial charge on any atom is -0.385 e. The summed E-state index contributed by atoms with van der Waals surface area (Å²) in [5.41, 5.74) is 3.16. The smallest absolute Gasteiger partial charge is 0.196 e. The van der Waals surface area contributed by atoms with Crippen LogP contribution in [0.2, 0.25) is 0 Å². The standard InChI is InChI=1S/C22H26N2O4/c1-27-13-5-11-23-17-9-10-18(24-12-6-14-28-2)20-19(17)21(25)15-7-3-4-8-16(15)22(20)26/h3-4,7-10,23-24H,5-6,11-14H2,1-2H3. The summed E-state index contributed by atoms with van der Waals surface area (Å²) in [5.74, 6) is -0.250. The van der Waals surface area contributed by atoms with Gasteiger partial charge in [-0.2, -0.15) is 0 Å². The second kappa shape index (κ2) is 9.48. The number of ketones is 2. The van der Waals surface area contributed by atoms with E-state index in [1.165, 1.54) is 0 Å². The largest absolute Gasteiger partial charge is 0.385 e. The molecule has 0 amide bonds. The summed E-state index contributed by atoms with van der Waals surface area (Å²) in [5, 5.41) is 6.58. The number of rotatable bonds is 10. The molecule has 2 N–H and O–H groups in total. The number of carbonyl (C=O) groups excluding carboxylic acids is 2. The van der Waals surface area contributed by atoms with Crippen LogP contribution in [0.3, 0.4) is 0 Å². The average molecular weight is 382 g/mol. The highest BCUT2D eigenvalue weighted by molar-refractivity contribution is 6.31. The van der Waals surface area contributed by atoms with Crippen molar-refractivity contribution in [3.63, 3.8) is 0 Å². The molecule has 0 heterocycles. The van der Waals surface area contributed by atoms with Gasteiger partial charge in [-0.1, -0.05) is 24.3 Å². The number of benzene rings is 2. The van der Waals surface area contributed by atoms with E-state index >= 15 is 0 Å². The zero-order chi connectivity index (χ0) is 19.9. The molecule has 0 unspecified atom stereocenters. The predicted molar refractivity (Wildman–Crippen MR) is 110 cm³/mol. The molecule has 2 aromatic rings. The fraction of sp³-hybridized carbons (Fsp3) is 0.364. The molecule has 0 saturated heterocycles. The molecule has 0 saturated carbocycles. The van der Waals surface area contributed by atoms with Gasteiger partial charge in [0.15, 0.2) is 11.6 Å². The van der Waals surface area contributed by atoms with Crippen molar-refractivity contribution in [1.29, 1.82) is 0 Å². The minimum absolute atomic E-state index is 0.125. The van der Waals surface area contributed by atoms with Crippen molar-refractivity contribution in [2.75, 3.05) is 51.2 Å². The van der Waals surface area contributed by atoms with E-state index in [2.05, 4.69) is 10.6 Å². The van der Waals surface area contributed by atoms with Gasteiger partial charge in [0.2, 0.25) is 0 Å². The van der Waals surface area contributed by atoms with Crippen molar-refractivity contribution in [3.05, 3.63) is 58.7 Å². The Kier molecular flexibility index (Phi) is 6.79. The van der Waals surface area contributed by atoms with Crippen LogP contribution in [0.15, 0.2) is 36.4 Å². The summed E-state index contributed by atoms with van der Waals surface area (Å²) < 4.78 is 10.2. The van der Waals surface area contributed by atoms with Crippen LogP contribution in [0.4, 0.5) is 11.4 Å². The minimum atomic E-state index is -0.125. The third-order valence-corrected chi connectivity index (χ3v) is 4.76. The van der Waals surface area contributed by atoms with E-state index in [9.17, 15) is 9.59 Å². The van der Waals surface area contributed by atoms with Gasteiger partial charge in [0.1, 0.15) is 0 Å². The molecule has 2 aromatic carbocycles. The van der Waals surface area contributed by atoms with E-state index in [-0.39, 0.29) is 11.6 Å². The van der Waals surface area contributed by atoms with Gasteiger partial charge in [-0.15, -0.1) is 0 Å². The molecular weight excluding hydrogens is 356 g/mol. The Hall–Kier alpha value is -2.70. The van der Waals surface area contributed by atoms with Gasteiger partial charge in [-0.05, 0) is 25.0 Å². The van der Waals surface area contributed by atoms with Crippen molar-refractivity contribution in [1.82, 2.24) is 0 Å². The number of anilines is 2. The molecule has 0 radical (unpaired) electrons. The molecule has 0 aliphatic heterocycles. The lowest BCUT2D eigenvalue weighted by atomic mass is 9.82. The number of nitrogens with one attached hydrogen (secondary N) is 2. The summed E-state index contributed by atoms with van der Waals surface area (Å²) in [6.07, 6.45) is 1.61. The molecule has 28 heavy (non-hydrogen) atoms. The van der Waals surface area contributed by atoms with Crippen LogP contribution in [0.25, 0.3) is 0 Å². The molecule has 148 valence electrons. The summed E-state index contributed by atoms with van der Waals surface area (Å²) in [4.78, 5) is 26.5. The Balaban J connectivity index is 1.97. The highest BCUT2D eigenvalue weighted by Gasteiger charge is 2.33. The van der Waals surface area contributed by atoms with Gasteiger partial charge < -0.3 is 20.1 Å². The van der Waals surface area contributed by atoms with Crippen LogP contribution < -0.4 is 10.6 Å². The first kappa shape index (κ1) is 20.0. The van der Waals surface area contributed by atoms with E-state index in [1.807, 2.05) is 12.1 Å². The zero-order valence-electron chi connectivity index (χ0n) is 16.3. The second-order valence-electron chi connectivity index (χ2n) is 6.66. The number of methoxy groups -OCH3 is 2. The van der Waals surface area contributed by atoms with E-state index in [0.717, 1.165) is 12.8 Å². The van der Waals surface area contributed by atoms with Crippen LogP contribution in [0.5, 0.6) is 0 Å². The number of fused-ring (bicyclic) bond motifs is 2. The molecule has 1 aliphatic rings. The van der Waals surface area contributed by atoms with Crippen LogP contribution >= 0.6 is 0 Å². The van der Waals surface area contributed by atoms with E-state index in [0.29, 0.717) is 59.9 Å². The molecular formula is C22H26N2O4. The van der Waals surface area contributed by atoms with Gasteiger partial charge in [0, 0.05) is 63.0 Å². The van der Waals surface area contributed by atoms with Gasteiger partial charge in [-0.3, -0.25) is 9.59 Å². The lowest BCUT2D eigenvalue weighted by Gasteiger charge is -2.24. The van der Waals surface area contributed by atoms with Gasteiger partial charge in [-0.25, -0.2) is 0 Å². The molecule has 3 rings (SSSR count). The topological polar surface area (TPSA) is 76.7 Å². The summed E-state index contributed by atoms with van der Waals surface area (Å²) in [7, 11) is 3.32. The summed E-state index contributed by atoms with van der Waals surface area (Å²) >= 11 is 0. The normalized spacial score (nSPS) is 12.5. The fourth-order valence-corrected chi connectivity index (χ4v) is 3.40. The predicted octanol–water partition coefficient (Wildman–Crippen LogP) is 3.36. The van der Waals surface area contributed by atoms with Crippen LogP contribution in [-0.2, 0) is 9.47 Å². The first-order chi connectivity index (χ1) is 13.7. The highest BCUT2D eigenvalue weighted by atomic mass is 16.5. The second-order valence-corrected chi connectivity index (χ2v) is 6.66. The van der Waals surface area contributed by atoms with Crippen LogP contribution in [-0.4, -0.2) is 52.1 Å². The Morgan fingerprint density at radius 1 is 0.714 bits per heavy atom. The quantitative estimate of drug-likeness (QED) is 0.524. The fourth-order valence-electron chi connectivity index (χ4n) is 3.40. The molecule has 0 fully saturated rings. The van der Waals surface area contributed by atoms with Crippen molar-refractivity contribution in [2.45, 2.75) is 12.8 Å². The molecule has 1 aliphatic carbocycles. The molecule has 6 nitrogen and oxygen atoms in total. The molecule has 6 heteroatoms. The van der Waals surface area contributed by atoms with Crippen LogP contribution in [0, 0.1) is 0 Å².